The zero-order chi connectivity index (χ0) is 12.4. The Balaban J connectivity index is 1.95. The molecule has 1 atom stereocenters. The highest BCUT2D eigenvalue weighted by Gasteiger charge is 2.20. The van der Waals surface area contributed by atoms with Gasteiger partial charge in [-0.2, -0.15) is 5.21 Å². The fourth-order valence-corrected chi connectivity index (χ4v) is 1.98. The summed E-state index contributed by atoms with van der Waals surface area (Å²) in [6.45, 7) is 1.54. The molecule has 0 spiro atoms. The number of benzene rings is 1. The summed E-state index contributed by atoms with van der Waals surface area (Å²) in [5.41, 5.74) is 6.77. The molecule has 0 radical (unpaired) electrons. The summed E-state index contributed by atoms with van der Waals surface area (Å²) in [5, 5.41) is 13.9. The summed E-state index contributed by atoms with van der Waals surface area (Å²) in [7, 11) is 0. The fraction of sp³-hybridized carbons (Fsp3) is 0.364. The maximum absolute atomic E-state index is 5.78. The average Bonchev–Trinajstić information content (AvgIpc) is 2.93. The third kappa shape index (κ3) is 1.88. The predicted molar refractivity (Wildman–Crippen MR) is 62.5 cm³/mol. The van der Waals surface area contributed by atoms with Gasteiger partial charge in [-0.3, -0.25) is 0 Å². The first-order valence-corrected chi connectivity index (χ1v) is 5.71. The Labute approximate surface area is 103 Å². The number of aromatic amines is 1. The number of ether oxygens (including phenoxy) is 2. The number of tetrazole rings is 1. The molecule has 18 heavy (non-hydrogen) atoms. The number of hydrogen-bond acceptors (Lipinski definition) is 6. The number of fused-ring (bicyclic) bond motifs is 1. The van der Waals surface area contributed by atoms with Gasteiger partial charge in [0.2, 0.25) is 0 Å². The quantitative estimate of drug-likeness (QED) is 0.795. The molecule has 0 saturated carbocycles. The van der Waals surface area contributed by atoms with Crippen LogP contribution in [0, 0.1) is 0 Å². The van der Waals surface area contributed by atoms with Crippen molar-refractivity contribution in [2.75, 3.05) is 19.8 Å². The van der Waals surface area contributed by atoms with Crippen LogP contribution in [0.2, 0.25) is 0 Å². The smallest absolute Gasteiger partial charge is 0.183 e. The van der Waals surface area contributed by atoms with Crippen LogP contribution in [0.3, 0.4) is 0 Å². The van der Waals surface area contributed by atoms with Crippen molar-refractivity contribution >= 4 is 0 Å². The first-order chi connectivity index (χ1) is 8.88. The van der Waals surface area contributed by atoms with Crippen LogP contribution in [-0.4, -0.2) is 40.4 Å². The van der Waals surface area contributed by atoms with Crippen molar-refractivity contribution in [3.05, 3.63) is 29.6 Å². The van der Waals surface area contributed by atoms with Gasteiger partial charge in [0.05, 0.1) is 5.92 Å². The summed E-state index contributed by atoms with van der Waals surface area (Å²) in [6.07, 6.45) is 0. The van der Waals surface area contributed by atoms with Gasteiger partial charge >= 0.3 is 0 Å². The Bertz CT molecular complexity index is 528. The maximum Gasteiger partial charge on any atom is 0.183 e. The van der Waals surface area contributed by atoms with Crippen molar-refractivity contribution in [3.63, 3.8) is 0 Å². The molecule has 1 aliphatic rings. The lowest BCUT2D eigenvalue weighted by Crippen LogP contribution is -2.18. The molecule has 2 aromatic rings. The van der Waals surface area contributed by atoms with Gasteiger partial charge in [-0.05, 0) is 17.7 Å². The largest absolute Gasteiger partial charge is 0.486 e. The van der Waals surface area contributed by atoms with Crippen LogP contribution in [-0.2, 0) is 0 Å². The standard InChI is InChI=1S/C11H13N5O2/c12-6-8(11-13-15-16-14-11)7-1-2-9-10(5-7)18-4-3-17-9/h1-2,5,8H,3-4,6,12H2,(H,13,14,15,16). The van der Waals surface area contributed by atoms with Gasteiger partial charge in [0.25, 0.3) is 0 Å². The van der Waals surface area contributed by atoms with Crippen LogP contribution in [0.1, 0.15) is 17.3 Å². The molecule has 0 fully saturated rings. The summed E-state index contributed by atoms with van der Waals surface area (Å²) >= 11 is 0. The first-order valence-electron chi connectivity index (χ1n) is 5.71. The zero-order valence-electron chi connectivity index (χ0n) is 9.67. The average molecular weight is 247 g/mol. The van der Waals surface area contributed by atoms with Crippen LogP contribution in [0.4, 0.5) is 0 Å². The van der Waals surface area contributed by atoms with E-state index in [0.717, 1.165) is 17.1 Å². The lowest BCUT2D eigenvalue weighted by molar-refractivity contribution is 0.171. The molecule has 0 saturated heterocycles. The lowest BCUT2D eigenvalue weighted by atomic mass is 9.98. The topological polar surface area (TPSA) is 98.9 Å². The van der Waals surface area contributed by atoms with Crippen LogP contribution in [0.15, 0.2) is 18.2 Å². The van der Waals surface area contributed by atoms with Gasteiger partial charge < -0.3 is 15.2 Å². The third-order valence-corrected chi connectivity index (χ3v) is 2.88. The molecule has 7 heteroatoms. The van der Waals surface area contributed by atoms with Crippen LogP contribution in [0.25, 0.3) is 0 Å². The molecule has 94 valence electrons. The molecule has 0 bridgehead atoms. The highest BCUT2D eigenvalue weighted by Crippen LogP contribution is 2.33. The van der Waals surface area contributed by atoms with Gasteiger partial charge in [-0.25, -0.2) is 0 Å². The monoisotopic (exact) mass is 247 g/mol. The van der Waals surface area contributed by atoms with Crippen molar-refractivity contribution < 1.29 is 9.47 Å². The van der Waals surface area contributed by atoms with E-state index in [-0.39, 0.29) is 5.92 Å². The Hall–Kier alpha value is -2.15. The minimum atomic E-state index is -0.0976. The van der Waals surface area contributed by atoms with Gasteiger partial charge in [0.1, 0.15) is 13.2 Å². The second-order valence-electron chi connectivity index (χ2n) is 3.96. The molecule has 1 aromatic carbocycles. The van der Waals surface area contributed by atoms with Gasteiger partial charge in [-0.1, -0.05) is 11.3 Å². The van der Waals surface area contributed by atoms with Crippen molar-refractivity contribution in [1.29, 1.82) is 0 Å². The minimum absolute atomic E-state index is 0.0976. The number of rotatable bonds is 3. The second-order valence-corrected chi connectivity index (χ2v) is 3.96. The number of aromatic nitrogens is 4. The second kappa shape index (κ2) is 4.61. The van der Waals surface area contributed by atoms with E-state index in [4.69, 9.17) is 15.2 Å². The summed E-state index contributed by atoms with van der Waals surface area (Å²) in [6, 6.07) is 5.75. The van der Waals surface area contributed by atoms with Crippen LogP contribution >= 0.6 is 0 Å². The van der Waals surface area contributed by atoms with E-state index in [1.165, 1.54) is 0 Å². The maximum atomic E-state index is 5.78. The van der Waals surface area contributed by atoms with Gasteiger partial charge in [0.15, 0.2) is 17.3 Å². The number of nitrogens with one attached hydrogen (secondary N) is 1. The molecule has 3 rings (SSSR count). The summed E-state index contributed by atoms with van der Waals surface area (Å²) in [5.74, 6) is 1.98. The molecule has 7 nitrogen and oxygen atoms in total. The van der Waals surface area contributed by atoms with Crippen LogP contribution < -0.4 is 15.2 Å². The van der Waals surface area contributed by atoms with E-state index in [1.807, 2.05) is 18.2 Å². The van der Waals surface area contributed by atoms with Crippen LogP contribution in [0.5, 0.6) is 11.5 Å². The highest BCUT2D eigenvalue weighted by molar-refractivity contribution is 5.45. The predicted octanol–water partition coefficient (Wildman–Crippen LogP) is 0.0615. The number of H-pyrrole nitrogens is 1. The van der Waals surface area contributed by atoms with E-state index in [0.29, 0.717) is 25.6 Å². The molecule has 2 heterocycles. The van der Waals surface area contributed by atoms with Crippen molar-refractivity contribution in [1.82, 2.24) is 20.6 Å². The molecule has 3 N–H and O–H groups in total. The summed E-state index contributed by atoms with van der Waals surface area (Å²) < 4.78 is 11.0. The molecular weight excluding hydrogens is 234 g/mol. The fourth-order valence-electron chi connectivity index (χ4n) is 1.98. The highest BCUT2D eigenvalue weighted by atomic mass is 16.6. The van der Waals surface area contributed by atoms with Gasteiger partial charge in [-0.15, -0.1) is 10.2 Å². The Morgan fingerprint density at radius 2 is 2.11 bits per heavy atom. The van der Waals surface area contributed by atoms with Gasteiger partial charge in [0, 0.05) is 6.54 Å². The Morgan fingerprint density at radius 1 is 1.28 bits per heavy atom. The zero-order valence-corrected chi connectivity index (χ0v) is 9.67. The van der Waals surface area contributed by atoms with E-state index < -0.39 is 0 Å². The van der Waals surface area contributed by atoms with E-state index in [9.17, 15) is 0 Å². The number of nitrogens with zero attached hydrogens (tertiary/aromatic N) is 3. The molecule has 1 aromatic heterocycles. The van der Waals surface area contributed by atoms with E-state index in [2.05, 4.69) is 20.6 Å². The van der Waals surface area contributed by atoms with Crippen molar-refractivity contribution in [3.8, 4) is 11.5 Å². The Kier molecular flexibility index (Phi) is 2.81. The summed E-state index contributed by atoms with van der Waals surface area (Å²) in [4.78, 5) is 0. The van der Waals surface area contributed by atoms with E-state index in [1.54, 1.807) is 0 Å². The first kappa shape index (κ1) is 11.0. The van der Waals surface area contributed by atoms with Crippen molar-refractivity contribution in [2.45, 2.75) is 5.92 Å². The molecule has 0 amide bonds. The molecule has 0 aliphatic carbocycles. The number of nitrogens with two attached hydrogens (primary N) is 1. The molecule has 1 aliphatic heterocycles. The normalized spacial score (nSPS) is 15.4. The minimum Gasteiger partial charge on any atom is -0.486 e. The van der Waals surface area contributed by atoms with Crippen molar-refractivity contribution in [2.24, 2.45) is 5.73 Å². The number of hydrogen-bond donors (Lipinski definition) is 2. The molecule has 1 unspecified atom stereocenters. The Morgan fingerprint density at radius 3 is 2.83 bits per heavy atom. The third-order valence-electron chi connectivity index (χ3n) is 2.88. The molecular formula is C11H13N5O2. The van der Waals surface area contributed by atoms with E-state index >= 15 is 0 Å². The SMILES string of the molecule is NCC(c1ccc2c(c1)OCCO2)c1nn[nH]n1. The lowest BCUT2D eigenvalue weighted by Gasteiger charge is -2.20.